The molecule has 0 aliphatic carbocycles. The molecule has 3 N–H and O–H groups in total. The molecule has 2 aromatic carbocycles. The van der Waals surface area contributed by atoms with Crippen molar-refractivity contribution >= 4 is 27.8 Å². The minimum absolute atomic E-state index is 0.669. The van der Waals surface area contributed by atoms with E-state index in [9.17, 15) is 0 Å². The zero-order chi connectivity index (χ0) is 15.5. The number of hydrogen-bond donors (Lipinski definition) is 2. The van der Waals surface area contributed by atoms with Crippen LogP contribution in [0.2, 0.25) is 0 Å². The van der Waals surface area contributed by atoms with Gasteiger partial charge in [-0.25, -0.2) is 4.98 Å². The van der Waals surface area contributed by atoms with Gasteiger partial charge in [-0.15, -0.1) is 11.3 Å². The Hall–Kier alpha value is -2.53. The summed E-state index contributed by atoms with van der Waals surface area (Å²) in [5.41, 5.74) is 9.42. The Morgan fingerprint density at radius 3 is 2.64 bits per heavy atom. The number of benzene rings is 2. The van der Waals surface area contributed by atoms with Crippen LogP contribution in [-0.4, -0.2) is 12.1 Å². The molecular formula is C17H17N3OS. The summed E-state index contributed by atoms with van der Waals surface area (Å²) in [6, 6.07) is 15.7. The summed E-state index contributed by atoms with van der Waals surface area (Å²) in [5.74, 6) is 0.703. The lowest BCUT2D eigenvalue weighted by Gasteiger charge is -2.09. The molecule has 1 aromatic heterocycles. The number of rotatable bonds is 4. The molecule has 4 nitrogen and oxygen atoms in total. The van der Waals surface area contributed by atoms with Crippen molar-refractivity contribution in [2.45, 2.75) is 6.92 Å². The number of hydrogen-bond acceptors (Lipinski definition) is 5. The fourth-order valence-electron chi connectivity index (χ4n) is 2.24. The average Bonchev–Trinajstić information content (AvgIpc) is 2.90. The summed E-state index contributed by atoms with van der Waals surface area (Å²) >= 11 is 1.62. The van der Waals surface area contributed by atoms with E-state index >= 15 is 0 Å². The van der Waals surface area contributed by atoms with Gasteiger partial charge in [0.1, 0.15) is 5.75 Å². The molecule has 0 aliphatic rings. The van der Waals surface area contributed by atoms with Gasteiger partial charge in [0, 0.05) is 22.2 Å². The highest BCUT2D eigenvalue weighted by atomic mass is 32.1. The standard InChI is InChI=1S/C17H17N3OS/c1-11-16(12-6-4-3-5-7-12)20-17(22-11)19-14-9-8-13(18)10-15(14)21-2/h3-10H,18H2,1-2H3,(H,19,20). The number of thiazole rings is 1. The van der Waals surface area contributed by atoms with E-state index in [1.165, 1.54) is 4.88 Å². The van der Waals surface area contributed by atoms with Gasteiger partial charge in [0.25, 0.3) is 0 Å². The second-order valence-corrected chi connectivity index (χ2v) is 6.08. The van der Waals surface area contributed by atoms with E-state index < -0.39 is 0 Å². The molecule has 0 saturated carbocycles. The van der Waals surface area contributed by atoms with Crippen LogP contribution in [0.15, 0.2) is 48.5 Å². The van der Waals surface area contributed by atoms with Crippen molar-refractivity contribution < 1.29 is 4.74 Å². The number of nitrogen functional groups attached to an aromatic ring is 1. The minimum Gasteiger partial charge on any atom is -0.494 e. The summed E-state index contributed by atoms with van der Waals surface area (Å²) in [6.07, 6.45) is 0. The van der Waals surface area contributed by atoms with Gasteiger partial charge in [0.05, 0.1) is 18.5 Å². The molecule has 3 rings (SSSR count). The van der Waals surface area contributed by atoms with E-state index in [1.54, 1.807) is 24.5 Å². The molecule has 5 heteroatoms. The SMILES string of the molecule is COc1cc(N)ccc1Nc1nc(-c2ccccc2)c(C)s1. The van der Waals surface area contributed by atoms with Crippen molar-refractivity contribution in [3.63, 3.8) is 0 Å². The van der Waals surface area contributed by atoms with Crippen molar-refractivity contribution in [2.75, 3.05) is 18.2 Å². The Morgan fingerprint density at radius 2 is 1.91 bits per heavy atom. The highest BCUT2D eigenvalue weighted by Gasteiger charge is 2.11. The molecule has 0 fully saturated rings. The van der Waals surface area contributed by atoms with Crippen LogP contribution < -0.4 is 15.8 Å². The molecule has 0 bridgehead atoms. The number of anilines is 3. The van der Waals surface area contributed by atoms with E-state index in [-0.39, 0.29) is 0 Å². The lowest BCUT2D eigenvalue weighted by atomic mass is 10.1. The van der Waals surface area contributed by atoms with Gasteiger partial charge in [0.15, 0.2) is 5.13 Å². The fraction of sp³-hybridized carbons (Fsp3) is 0.118. The van der Waals surface area contributed by atoms with Crippen LogP contribution in [0.3, 0.4) is 0 Å². The van der Waals surface area contributed by atoms with E-state index in [0.29, 0.717) is 11.4 Å². The summed E-state index contributed by atoms with van der Waals surface area (Å²) in [7, 11) is 1.63. The van der Waals surface area contributed by atoms with E-state index in [4.69, 9.17) is 15.5 Å². The first kappa shape index (κ1) is 14.4. The van der Waals surface area contributed by atoms with Gasteiger partial charge in [0.2, 0.25) is 0 Å². The van der Waals surface area contributed by atoms with Crippen molar-refractivity contribution in [1.82, 2.24) is 4.98 Å². The number of ether oxygens (including phenoxy) is 1. The third kappa shape index (κ3) is 2.89. The largest absolute Gasteiger partial charge is 0.494 e. The van der Waals surface area contributed by atoms with Gasteiger partial charge in [-0.3, -0.25) is 0 Å². The highest BCUT2D eigenvalue weighted by Crippen LogP contribution is 2.35. The van der Waals surface area contributed by atoms with Crippen LogP contribution in [-0.2, 0) is 0 Å². The van der Waals surface area contributed by atoms with Crippen LogP contribution in [0.1, 0.15) is 4.88 Å². The Bertz CT molecular complexity index is 784. The van der Waals surface area contributed by atoms with Crippen LogP contribution in [0.25, 0.3) is 11.3 Å². The summed E-state index contributed by atoms with van der Waals surface area (Å²) < 4.78 is 5.35. The molecule has 0 aliphatic heterocycles. The molecule has 1 heterocycles. The number of nitrogens with two attached hydrogens (primary N) is 1. The molecule has 0 radical (unpaired) electrons. The van der Waals surface area contributed by atoms with E-state index in [1.807, 2.05) is 30.3 Å². The Morgan fingerprint density at radius 1 is 1.14 bits per heavy atom. The highest BCUT2D eigenvalue weighted by molar-refractivity contribution is 7.16. The normalized spacial score (nSPS) is 10.5. The second kappa shape index (κ2) is 6.07. The Balaban J connectivity index is 1.91. The molecule has 3 aromatic rings. The smallest absolute Gasteiger partial charge is 0.188 e. The molecule has 0 amide bonds. The Kier molecular flexibility index (Phi) is 3.98. The zero-order valence-electron chi connectivity index (χ0n) is 12.5. The van der Waals surface area contributed by atoms with Crippen molar-refractivity contribution in [3.05, 3.63) is 53.4 Å². The number of methoxy groups -OCH3 is 1. The minimum atomic E-state index is 0.669. The molecule has 112 valence electrons. The second-order valence-electron chi connectivity index (χ2n) is 4.87. The first-order chi connectivity index (χ1) is 10.7. The lowest BCUT2D eigenvalue weighted by molar-refractivity contribution is 0.417. The monoisotopic (exact) mass is 311 g/mol. The number of nitrogens with zero attached hydrogens (tertiary/aromatic N) is 1. The third-order valence-electron chi connectivity index (χ3n) is 3.31. The van der Waals surface area contributed by atoms with Crippen LogP contribution in [0.5, 0.6) is 5.75 Å². The van der Waals surface area contributed by atoms with Crippen LogP contribution in [0, 0.1) is 6.92 Å². The number of aryl methyl sites for hydroxylation is 1. The fourth-order valence-corrected chi connectivity index (χ4v) is 3.09. The summed E-state index contributed by atoms with van der Waals surface area (Å²) in [4.78, 5) is 5.86. The molecule has 0 spiro atoms. The quantitative estimate of drug-likeness (QED) is 0.699. The van der Waals surface area contributed by atoms with Gasteiger partial charge in [-0.1, -0.05) is 30.3 Å². The maximum Gasteiger partial charge on any atom is 0.188 e. The zero-order valence-corrected chi connectivity index (χ0v) is 13.3. The number of nitrogens with one attached hydrogen (secondary N) is 1. The van der Waals surface area contributed by atoms with Crippen molar-refractivity contribution in [3.8, 4) is 17.0 Å². The van der Waals surface area contributed by atoms with Crippen molar-refractivity contribution in [2.24, 2.45) is 0 Å². The van der Waals surface area contributed by atoms with Crippen molar-refractivity contribution in [1.29, 1.82) is 0 Å². The van der Waals surface area contributed by atoms with Crippen LogP contribution in [0.4, 0.5) is 16.5 Å². The number of aromatic nitrogens is 1. The maximum absolute atomic E-state index is 5.78. The predicted octanol–water partition coefficient (Wildman–Crippen LogP) is 4.45. The topological polar surface area (TPSA) is 60.2 Å². The van der Waals surface area contributed by atoms with Gasteiger partial charge < -0.3 is 15.8 Å². The Labute approximate surface area is 133 Å². The first-order valence-corrected chi connectivity index (χ1v) is 7.72. The molecule has 0 unspecified atom stereocenters. The molecular weight excluding hydrogens is 294 g/mol. The van der Waals surface area contributed by atoms with E-state index in [2.05, 4.69) is 24.4 Å². The van der Waals surface area contributed by atoms with E-state index in [0.717, 1.165) is 22.1 Å². The van der Waals surface area contributed by atoms with Gasteiger partial charge in [-0.05, 0) is 19.1 Å². The third-order valence-corrected chi connectivity index (χ3v) is 4.20. The molecule has 0 saturated heterocycles. The first-order valence-electron chi connectivity index (χ1n) is 6.91. The van der Waals surface area contributed by atoms with Gasteiger partial charge >= 0.3 is 0 Å². The summed E-state index contributed by atoms with van der Waals surface area (Å²) in [5, 5.41) is 4.14. The molecule has 0 atom stereocenters. The lowest BCUT2D eigenvalue weighted by Crippen LogP contribution is -1.96. The maximum atomic E-state index is 5.78. The summed E-state index contributed by atoms with van der Waals surface area (Å²) in [6.45, 7) is 2.07. The average molecular weight is 311 g/mol. The van der Waals surface area contributed by atoms with Gasteiger partial charge in [-0.2, -0.15) is 0 Å². The predicted molar refractivity (Wildman–Crippen MR) is 93.0 cm³/mol. The van der Waals surface area contributed by atoms with Crippen LogP contribution >= 0.6 is 11.3 Å². The molecule has 22 heavy (non-hydrogen) atoms.